The minimum absolute atomic E-state index is 0.0111. The van der Waals surface area contributed by atoms with Crippen molar-refractivity contribution in [2.75, 3.05) is 18.2 Å². The van der Waals surface area contributed by atoms with Gasteiger partial charge in [-0.05, 0) is 40.2 Å². The van der Waals surface area contributed by atoms with Crippen LogP contribution >= 0.6 is 15.9 Å². The molecular weight excluding hydrogens is 326 g/mol. The lowest BCUT2D eigenvalue weighted by Crippen LogP contribution is -2.06. The summed E-state index contributed by atoms with van der Waals surface area (Å²) in [5, 5.41) is 12.1. The van der Waals surface area contributed by atoms with E-state index < -0.39 is 5.97 Å². The molecule has 0 aliphatic heterocycles. The van der Waals surface area contributed by atoms with Crippen molar-refractivity contribution >= 4 is 39.1 Å². The van der Waals surface area contributed by atoms with Crippen LogP contribution in [0.3, 0.4) is 0 Å². The van der Waals surface area contributed by atoms with E-state index in [9.17, 15) is 4.79 Å². The highest BCUT2D eigenvalue weighted by molar-refractivity contribution is 9.10. The molecule has 7 heteroatoms. The third kappa shape index (κ3) is 3.00. The number of nitrogens with one attached hydrogen (secondary N) is 1. The highest BCUT2D eigenvalue weighted by Gasteiger charge is 2.12. The molecule has 0 spiro atoms. The van der Waals surface area contributed by atoms with E-state index in [2.05, 4.69) is 26.2 Å². The number of nitrogens with two attached hydrogens (primary N) is 1. The molecule has 0 saturated carbocycles. The molecule has 0 aliphatic carbocycles. The molecule has 0 unspecified atom stereocenters. The number of aromatic nitrogens is 1. The molecule has 1 aromatic heterocycles. The van der Waals surface area contributed by atoms with Gasteiger partial charge in [0.05, 0.1) is 23.5 Å². The number of nitrogens with zero attached hydrogens (tertiary/aromatic N) is 1. The number of benzene rings is 1. The number of carbonyl (C=O) groups is 1. The first-order valence-corrected chi connectivity index (χ1v) is 6.40. The van der Waals surface area contributed by atoms with Gasteiger partial charge in [0.1, 0.15) is 17.1 Å². The van der Waals surface area contributed by atoms with Gasteiger partial charge >= 0.3 is 5.97 Å². The molecule has 0 aliphatic rings. The van der Waals surface area contributed by atoms with Crippen molar-refractivity contribution in [1.29, 1.82) is 0 Å². The van der Waals surface area contributed by atoms with Crippen molar-refractivity contribution in [3.63, 3.8) is 0 Å². The fraction of sp³-hybridized carbons (Fsp3) is 0.0769. The highest BCUT2D eigenvalue weighted by atomic mass is 79.9. The zero-order valence-corrected chi connectivity index (χ0v) is 12.1. The van der Waals surface area contributed by atoms with Crippen molar-refractivity contribution in [2.45, 2.75) is 0 Å². The maximum atomic E-state index is 11.2. The molecule has 2 rings (SSSR count). The van der Waals surface area contributed by atoms with E-state index in [0.29, 0.717) is 17.1 Å². The third-order valence-electron chi connectivity index (χ3n) is 2.55. The number of carboxylic acids is 1. The maximum Gasteiger partial charge on any atom is 0.339 e. The standard InChI is InChI=1S/C13H12BrN3O3/c1-20-11-3-2-8(5-10(11)14)17-12-9(13(18)19)4-7(15)6-16-12/h2-6H,15H2,1H3,(H,16,17)(H,18,19). The monoisotopic (exact) mass is 337 g/mol. The summed E-state index contributed by atoms with van der Waals surface area (Å²) in [5.41, 5.74) is 6.53. The molecule has 0 saturated heterocycles. The Bertz CT molecular complexity index is 661. The van der Waals surface area contributed by atoms with E-state index in [1.54, 1.807) is 25.3 Å². The number of pyridine rings is 1. The Morgan fingerprint density at radius 3 is 2.80 bits per heavy atom. The molecule has 20 heavy (non-hydrogen) atoms. The average molecular weight is 338 g/mol. The predicted molar refractivity (Wildman–Crippen MR) is 79.6 cm³/mol. The largest absolute Gasteiger partial charge is 0.496 e. The summed E-state index contributed by atoms with van der Waals surface area (Å²) in [5.74, 6) is -0.192. The first-order valence-electron chi connectivity index (χ1n) is 5.60. The van der Waals surface area contributed by atoms with E-state index in [1.807, 2.05) is 0 Å². The summed E-state index contributed by atoms with van der Waals surface area (Å²) >= 11 is 3.36. The normalized spacial score (nSPS) is 10.1. The summed E-state index contributed by atoms with van der Waals surface area (Å²) in [6.45, 7) is 0. The molecule has 1 heterocycles. The Labute approximate surface area is 123 Å². The quantitative estimate of drug-likeness (QED) is 0.793. The molecule has 0 atom stereocenters. The van der Waals surface area contributed by atoms with Crippen molar-refractivity contribution in [3.8, 4) is 5.75 Å². The van der Waals surface area contributed by atoms with E-state index in [0.717, 1.165) is 4.47 Å². The number of halogens is 1. The van der Waals surface area contributed by atoms with Gasteiger partial charge in [0, 0.05) is 5.69 Å². The zero-order valence-electron chi connectivity index (χ0n) is 10.6. The molecule has 2 aromatic rings. The van der Waals surface area contributed by atoms with Crippen molar-refractivity contribution in [1.82, 2.24) is 4.98 Å². The second-order valence-corrected chi connectivity index (χ2v) is 4.80. The van der Waals surface area contributed by atoms with Gasteiger partial charge in [-0.1, -0.05) is 0 Å². The third-order valence-corrected chi connectivity index (χ3v) is 3.17. The highest BCUT2D eigenvalue weighted by Crippen LogP contribution is 2.29. The van der Waals surface area contributed by atoms with Crippen LogP contribution in [-0.2, 0) is 0 Å². The Kier molecular flexibility index (Phi) is 4.09. The fourth-order valence-corrected chi connectivity index (χ4v) is 2.17. The number of hydrogen-bond donors (Lipinski definition) is 3. The summed E-state index contributed by atoms with van der Waals surface area (Å²) in [6.07, 6.45) is 1.40. The first kappa shape index (κ1) is 14.1. The SMILES string of the molecule is COc1ccc(Nc2ncc(N)cc2C(=O)O)cc1Br. The second kappa shape index (κ2) is 5.79. The number of methoxy groups -OCH3 is 1. The van der Waals surface area contributed by atoms with Gasteiger partial charge < -0.3 is 20.9 Å². The number of anilines is 3. The van der Waals surface area contributed by atoms with Gasteiger partial charge in [-0.3, -0.25) is 0 Å². The van der Waals surface area contributed by atoms with Crippen molar-refractivity contribution in [2.24, 2.45) is 0 Å². The van der Waals surface area contributed by atoms with Crippen LogP contribution in [0.15, 0.2) is 34.9 Å². The Hall–Kier alpha value is -2.28. The lowest BCUT2D eigenvalue weighted by Gasteiger charge is -2.11. The number of carboxylic acid groups (broad SMARTS) is 1. The van der Waals surface area contributed by atoms with Crippen LogP contribution in [0.4, 0.5) is 17.2 Å². The number of ether oxygens (including phenoxy) is 1. The lowest BCUT2D eigenvalue weighted by molar-refractivity contribution is 0.0697. The zero-order chi connectivity index (χ0) is 14.7. The van der Waals surface area contributed by atoms with E-state index in [-0.39, 0.29) is 11.4 Å². The molecule has 0 radical (unpaired) electrons. The second-order valence-electron chi connectivity index (χ2n) is 3.94. The van der Waals surface area contributed by atoms with Gasteiger partial charge in [-0.25, -0.2) is 9.78 Å². The molecule has 0 amide bonds. The van der Waals surface area contributed by atoms with E-state index in [1.165, 1.54) is 12.3 Å². The van der Waals surface area contributed by atoms with Crippen LogP contribution in [0.5, 0.6) is 5.75 Å². The number of hydrogen-bond acceptors (Lipinski definition) is 5. The molecule has 0 bridgehead atoms. The van der Waals surface area contributed by atoms with Crippen LogP contribution < -0.4 is 15.8 Å². The van der Waals surface area contributed by atoms with Crippen LogP contribution in [0.2, 0.25) is 0 Å². The molecular formula is C13H12BrN3O3. The smallest absolute Gasteiger partial charge is 0.339 e. The Morgan fingerprint density at radius 2 is 2.20 bits per heavy atom. The van der Waals surface area contributed by atoms with Crippen molar-refractivity contribution < 1.29 is 14.6 Å². The van der Waals surface area contributed by atoms with E-state index >= 15 is 0 Å². The summed E-state index contributed by atoms with van der Waals surface area (Å²) < 4.78 is 5.87. The lowest BCUT2D eigenvalue weighted by atomic mass is 10.2. The molecule has 4 N–H and O–H groups in total. The average Bonchev–Trinajstić information content (AvgIpc) is 2.41. The Morgan fingerprint density at radius 1 is 1.45 bits per heavy atom. The molecule has 0 fully saturated rings. The molecule has 1 aromatic carbocycles. The first-order chi connectivity index (χ1) is 9.51. The predicted octanol–water partition coefficient (Wildman–Crippen LogP) is 2.88. The minimum Gasteiger partial charge on any atom is -0.496 e. The number of rotatable bonds is 4. The molecule has 104 valence electrons. The molecule has 6 nitrogen and oxygen atoms in total. The van der Waals surface area contributed by atoms with Gasteiger partial charge in [0.15, 0.2) is 0 Å². The Balaban J connectivity index is 2.35. The summed E-state index contributed by atoms with van der Waals surface area (Å²) in [7, 11) is 1.57. The van der Waals surface area contributed by atoms with Crippen LogP contribution in [-0.4, -0.2) is 23.2 Å². The topological polar surface area (TPSA) is 97.5 Å². The maximum absolute atomic E-state index is 11.2. The van der Waals surface area contributed by atoms with E-state index in [4.69, 9.17) is 15.6 Å². The van der Waals surface area contributed by atoms with Crippen LogP contribution in [0, 0.1) is 0 Å². The van der Waals surface area contributed by atoms with Crippen molar-refractivity contribution in [3.05, 3.63) is 40.5 Å². The van der Waals surface area contributed by atoms with Gasteiger partial charge in [0.2, 0.25) is 0 Å². The summed E-state index contributed by atoms with van der Waals surface area (Å²) in [6, 6.07) is 6.64. The van der Waals surface area contributed by atoms with Crippen LogP contribution in [0.1, 0.15) is 10.4 Å². The number of nitrogen functional groups attached to an aromatic ring is 1. The summed E-state index contributed by atoms with van der Waals surface area (Å²) in [4.78, 5) is 15.2. The number of aromatic carboxylic acids is 1. The van der Waals surface area contributed by atoms with Crippen LogP contribution in [0.25, 0.3) is 0 Å². The van der Waals surface area contributed by atoms with Gasteiger partial charge in [0.25, 0.3) is 0 Å². The fourth-order valence-electron chi connectivity index (χ4n) is 1.62. The van der Waals surface area contributed by atoms with Gasteiger partial charge in [-0.15, -0.1) is 0 Å². The minimum atomic E-state index is -1.10. The van der Waals surface area contributed by atoms with Gasteiger partial charge in [-0.2, -0.15) is 0 Å².